The van der Waals surface area contributed by atoms with Crippen molar-refractivity contribution in [1.82, 2.24) is 4.90 Å². The van der Waals surface area contributed by atoms with Gasteiger partial charge in [-0.25, -0.2) is 23.4 Å². The van der Waals surface area contributed by atoms with E-state index in [-0.39, 0.29) is 36.2 Å². The molecule has 3 aliphatic heterocycles. The van der Waals surface area contributed by atoms with Gasteiger partial charge in [-0.05, 0) is 79.4 Å². The first-order chi connectivity index (χ1) is 24.1. The third-order valence-corrected chi connectivity index (χ3v) is 9.86. The fraction of sp³-hybridized carbons (Fsp3) is 0.324. The molecule has 1 aromatic heterocycles. The minimum absolute atomic E-state index is 0.130. The van der Waals surface area contributed by atoms with Gasteiger partial charge in [0.1, 0.15) is 33.9 Å². The van der Waals surface area contributed by atoms with Crippen LogP contribution in [0.3, 0.4) is 0 Å². The number of benzene rings is 3. The zero-order chi connectivity index (χ0) is 35.4. The standard InChI is InChI=1S/C37H35Cl2F2N3O6/c1-47-32-9-6-24(15-34(32)48-2)33(17-27-28(38)18-42-19-29(27)39)49-36(45)25-5-3-4-22(14-25)20-44(31-16-26(40)7-8-30(31)41)37(46)50-35-21-43-12-10-23(35)11-13-43/h3-9,14-16,18-19,23,33,35H,10-13,17,20-21H2,1-2H3/p+1/t33-,35-/m0/s1. The van der Waals surface area contributed by atoms with Crippen LogP contribution in [-0.2, 0) is 22.4 Å². The summed E-state index contributed by atoms with van der Waals surface area (Å²) in [5, 5.41) is 0.714. The predicted octanol–water partition coefficient (Wildman–Crippen LogP) is 7.48. The Hall–Kier alpha value is -4.45. The first kappa shape index (κ1) is 35.4. The fourth-order valence-corrected chi connectivity index (χ4v) is 7.02. The highest BCUT2D eigenvalue weighted by atomic mass is 35.5. The van der Waals surface area contributed by atoms with E-state index >= 15 is 4.39 Å². The predicted molar refractivity (Wildman–Crippen MR) is 183 cm³/mol. The van der Waals surface area contributed by atoms with Crippen LogP contribution < -0.4 is 19.4 Å². The lowest BCUT2D eigenvalue weighted by atomic mass is 9.86. The summed E-state index contributed by atoms with van der Waals surface area (Å²) in [6, 6.07) is 14.5. The van der Waals surface area contributed by atoms with E-state index in [1.807, 2.05) is 0 Å². The van der Waals surface area contributed by atoms with Gasteiger partial charge in [0.05, 0.1) is 32.0 Å². The third-order valence-electron chi connectivity index (χ3n) is 9.19. The molecule has 0 saturated carbocycles. The molecule has 0 radical (unpaired) electrons. The molecule has 2 atom stereocenters. The van der Waals surface area contributed by atoms with Crippen molar-refractivity contribution in [1.29, 1.82) is 0 Å². The molecule has 3 fully saturated rings. The van der Waals surface area contributed by atoms with Gasteiger partial charge in [0.2, 0.25) is 0 Å². The van der Waals surface area contributed by atoms with E-state index in [1.165, 1.54) is 20.3 Å². The number of ether oxygens (including phenoxy) is 4. The highest BCUT2D eigenvalue weighted by Gasteiger charge is 2.38. The molecule has 2 bridgehead atoms. The van der Waals surface area contributed by atoms with Gasteiger partial charge in [-0.15, -0.1) is 0 Å². The molecule has 13 heteroatoms. The van der Waals surface area contributed by atoms with Gasteiger partial charge >= 0.3 is 12.1 Å². The number of methoxy groups -OCH3 is 2. The molecule has 0 spiro atoms. The number of aromatic amines is 1. The molecule has 7 rings (SSSR count). The fourth-order valence-electron chi connectivity index (χ4n) is 6.49. The molecule has 4 heterocycles. The van der Waals surface area contributed by atoms with Crippen LogP contribution in [0.25, 0.3) is 0 Å². The molecular weight excluding hydrogens is 691 g/mol. The first-order valence-electron chi connectivity index (χ1n) is 16.1. The zero-order valence-corrected chi connectivity index (χ0v) is 29.0. The van der Waals surface area contributed by atoms with Gasteiger partial charge in [-0.2, -0.15) is 0 Å². The van der Waals surface area contributed by atoms with Crippen molar-refractivity contribution in [3.05, 3.63) is 117 Å². The van der Waals surface area contributed by atoms with Gasteiger partial charge < -0.3 is 18.9 Å². The highest BCUT2D eigenvalue weighted by Crippen LogP contribution is 2.36. The number of hydrogen-bond donors (Lipinski definition) is 0. The number of amides is 1. The van der Waals surface area contributed by atoms with E-state index in [0.29, 0.717) is 44.8 Å². The van der Waals surface area contributed by atoms with E-state index in [4.69, 9.17) is 42.1 Å². The Bertz CT molecular complexity index is 1850. The first-order valence-corrected chi connectivity index (χ1v) is 16.9. The van der Waals surface area contributed by atoms with Crippen molar-refractivity contribution in [3.63, 3.8) is 0 Å². The number of carbonyl (C=O) groups excluding carboxylic acids is 2. The molecule has 3 aromatic carbocycles. The number of esters is 1. The van der Waals surface area contributed by atoms with Crippen molar-refractivity contribution in [3.8, 4) is 11.5 Å². The van der Waals surface area contributed by atoms with E-state index in [2.05, 4.69) is 9.88 Å². The number of pyridine rings is 1. The van der Waals surface area contributed by atoms with Gasteiger partial charge in [0.25, 0.3) is 0 Å². The van der Waals surface area contributed by atoms with Crippen molar-refractivity contribution < 1.29 is 42.3 Å². The molecular formula is C37H36Cl2F2N3O6+. The number of nitrogens with one attached hydrogen (secondary N) is 1. The number of H-pyrrole nitrogens is 1. The highest BCUT2D eigenvalue weighted by molar-refractivity contribution is 6.35. The summed E-state index contributed by atoms with van der Waals surface area (Å²) in [4.78, 5) is 33.6. The summed E-state index contributed by atoms with van der Waals surface area (Å²) in [5.74, 6) is -1.05. The lowest BCUT2D eigenvalue weighted by molar-refractivity contribution is -0.377. The largest absolute Gasteiger partial charge is 0.493 e. The Balaban J connectivity index is 1.27. The molecule has 3 saturated heterocycles. The monoisotopic (exact) mass is 726 g/mol. The molecule has 3 aliphatic rings. The van der Waals surface area contributed by atoms with Crippen LogP contribution in [0.2, 0.25) is 10.0 Å². The Labute approximate surface area is 298 Å². The quantitative estimate of drug-likeness (QED) is 0.148. The Morgan fingerprint density at radius 3 is 2.38 bits per heavy atom. The minimum Gasteiger partial charge on any atom is -0.493 e. The molecule has 0 unspecified atom stereocenters. The van der Waals surface area contributed by atoms with E-state index in [1.54, 1.807) is 48.8 Å². The van der Waals surface area contributed by atoms with Crippen molar-refractivity contribution in [2.45, 2.75) is 38.0 Å². The molecule has 1 amide bonds. The van der Waals surface area contributed by atoms with Crippen molar-refractivity contribution in [2.75, 3.05) is 38.8 Å². The molecule has 1 N–H and O–H groups in total. The zero-order valence-electron chi connectivity index (χ0n) is 27.5. The lowest BCUT2D eigenvalue weighted by Gasteiger charge is -2.44. The van der Waals surface area contributed by atoms with Gasteiger partial charge in [0.15, 0.2) is 23.9 Å². The average molecular weight is 728 g/mol. The van der Waals surface area contributed by atoms with E-state index in [9.17, 15) is 14.0 Å². The number of hydrogen-bond acceptors (Lipinski definition) is 7. The topological polar surface area (TPSA) is 91.7 Å². The maximum atomic E-state index is 15.1. The Kier molecular flexibility index (Phi) is 11.1. The molecule has 9 nitrogen and oxygen atoms in total. The maximum absolute atomic E-state index is 15.1. The second-order valence-electron chi connectivity index (χ2n) is 12.3. The van der Waals surface area contributed by atoms with Crippen LogP contribution in [0.1, 0.15) is 46.0 Å². The SMILES string of the molecule is COc1ccc([C@H](Cc2c(Cl)c[nH+]cc2Cl)OC(=O)c2cccc(CN(C(=O)O[C@H]3CN4CCC3CC4)c3cc(F)ccc3F)c2)cc1OC. The summed E-state index contributed by atoms with van der Waals surface area (Å²) >= 11 is 12.9. The van der Waals surface area contributed by atoms with Crippen LogP contribution in [0.4, 0.5) is 19.3 Å². The van der Waals surface area contributed by atoms with Crippen LogP contribution in [-0.4, -0.2) is 56.9 Å². The van der Waals surface area contributed by atoms with Crippen LogP contribution in [0, 0.1) is 17.6 Å². The molecule has 0 aliphatic carbocycles. The van der Waals surface area contributed by atoms with Crippen LogP contribution in [0.15, 0.2) is 73.1 Å². The Morgan fingerprint density at radius 2 is 1.70 bits per heavy atom. The Morgan fingerprint density at radius 1 is 0.960 bits per heavy atom. The second-order valence-corrected chi connectivity index (χ2v) is 13.1. The van der Waals surface area contributed by atoms with Crippen LogP contribution >= 0.6 is 23.2 Å². The van der Waals surface area contributed by atoms with Gasteiger partial charge in [-0.1, -0.05) is 41.4 Å². The molecule has 262 valence electrons. The third kappa shape index (κ3) is 7.96. The number of carbonyl (C=O) groups is 2. The van der Waals surface area contributed by atoms with Crippen molar-refractivity contribution in [2.24, 2.45) is 5.92 Å². The normalized spacial score (nSPS) is 18.6. The number of piperidine rings is 3. The summed E-state index contributed by atoms with van der Waals surface area (Å²) in [5.41, 5.74) is 1.50. The smallest absolute Gasteiger partial charge is 0.415 e. The number of aromatic nitrogens is 1. The van der Waals surface area contributed by atoms with Gasteiger partial charge in [-0.3, -0.25) is 9.80 Å². The minimum atomic E-state index is -0.863. The second kappa shape index (κ2) is 15.6. The summed E-state index contributed by atoms with van der Waals surface area (Å²) < 4.78 is 52.4. The molecule has 4 aromatic rings. The average Bonchev–Trinajstić information content (AvgIpc) is 3.13. The number of anilines is 1. The molecule has 50 heavy (non-hydrogen) atoms. The van der Waals surface area contributed by atoms with Crippen molar-refractivity contribution >= 4 is 41.0 Å². The summed E-state index contributed by atoms with van der Waals surface area (Å²) in [6.07, 6.45) is 3.07. The maximum Gasteiger partial charge on any atom is 0.415 e. The number of fused-ring (bicyclic) bond motifs is 3. The van der Waals surface area contributed by atoms with Gasteiger partial charge in [0, 0.05) is 24.6 Å². The van der Waals surface area contributed by atoms with E-state index in [0.717, 1.165) is 49.0 Å². The summed E-state index contributed by atoms with van der Waals surface area (Å²) in [7, 11) is 3.02. The lowest BCUT2D eigenvalue weighted by Crippen LogP contribution is -2.53. The number of rotatable bonds is 11. The van der Waals surface area contributed by atoms with E-state index < -0.39 is 29.8 Å². The summed E-state index contributed by atoms with van der Waals surface area (Å²) in [6.45, 7) is 2.28. The van der Waals surface area contributed by atoms with Crippen LogP contribution in [0.5, 0.6) is 11.5 Å². The number of nitrogens with zero attached hydrogens (tertiary/aromatic N) is 2. The number of halogens is 4.